The van der Waals surface area contributed by atoms with Gasteiger partial charge in [0.15, 0.2) is 0 Å². The summed E-state index contributed by atoms with van der Waals surface area (Å²) in [4.78, 5) is 14.5. The van der Waals surface area contributed by atoms with E-state index in [0.29, 0.717) is 28.6 Å². The summed E-state index contributed by atoms with van der Waals surface area (Å²) in [5.74, 6) is 0.199. The molecule has 1 amide bonds. The first-order valence-corrected chi connectivity index (χ1v) is 8.52. The molecule has 6 heteroatoms. The fourth-order valence-corrected chi connectivity index (χ4v) is 2.70. The maximum absolute atomic E-state index is 12.3. The Morgan fingerprint density at radius 2 is 2.00 bits per heavy atom. The molecule has 0 spiro atoms. The number of methoxy groups -OCH3 is 1. The van der Waals surface area contributed by atoms with E-state index in [1.54, 1.807) is 6.07 Å². The first kappa shape index (κ1) is 19.1. The summed E-state index contributed by atoms with van der Waals surface area (Å²) in [6.07, 6.45) is 0.847. The zero-order valence-electron chi connectivity index (χ0n) is 14.6. The van der Waals surface area contributed by atoms with Crippen molar-refractivity contribution in [1.29, 1.82) is 0 Å². The molecule has 0 fully saturated rings. The predicted molar refractivity (Wildman–Crippen MR) is 102 cm³/mol. The highest BCUT2D eigenvalue weighted by molar-refractivity contribution is 6.33. The van der Waals surface area contributed by atoms with Crippen LogP contribution in [0.15, 0.2) is 42.5 Å². The molecule has 0 aliphatic heterocycles. The quantitative estimate of drug-likeness (QED) is 0.559. The fourth-order valence-electron chi connectivity index (χ4n) is 2.54. The molecular weight excluding hydrogens is 338 g/mol. The minimum absolute atomic E-state index is 0.218. The molecule has 0 aliphatic rings. The molecule has 0 saturated carbocycles. The third kappa shape index (κ3) is 5.66. The lowest BCUT2D eigenvalue weighted by Crippen LogP contribution is -2.28. The Balaban J connectivity index is 1.80. The summed E-state index contributed by atoms with van der Waals surface area (Å²) in [5, 5.41) is 3.24. The van der Waals surface area contributed by atoms with E-state index in [0.717, 1.165) is 19.5 Å². The Labute approximate surface area is 153 Å². The third-order valence-electron chi connectivity index (χ3n) is 3.86. The molecule has 0 saturated heterocycles. The van der Waals surface area contributed by atoms with E-state index in [1.165, 1.54) is 18.7 Å². The van der Waals surface area contributed by atoms with Gasteiger partial charge in [0.05, 0.1) is 23.4 Å². The smallest absolute Gasteiger partial charge is 0.255 e. The number of hydrogen-bond acceptors (Lipinski definition) is 4. The van der Waals surface area contributed by atoms with Crippen molar-refractivity contribution >= 4 is 23.2 Å². The second kappa shape index (κ2) is 9.30. The molecule has 0 atom stereocenters. The van der Waals surface area contributed by atoms with Crippen LogP contribution in [0.4, 0.5) is 5.69 Å². The van der Waals surface area contributed by atoms with Crippen LogP contribution < -0.4 is 15.8 Å². The number of amides is 1. The average molecular weight is 362 g/mol. The van der Waals surface area contributed by atoms with Gasteiger partial charge in [0, 0.05) is 19.2 Å². The summed E-state index contributed by atoms with van der Waals surface area (Å²) < 4.78 is 5.21. The van der Waals surface area contributed by atoms with Crippen molar-refractivity contribution in [2.45, 2.75) is 13.0 Å². The molecule has 0 bridgehead atoms. The van der Waals surface area contributed by atoms with Gasteiger partial charge >= 0.3 is 0 Å². The minimum atomic E-state index is -0.218. The van der Waals surface area contributed by atoms with E-state index in [1.807, 2.05) is 18.2 Å². The van der Waals surface area contributed by atoms with E-state index in [-0.39, 0.29) is 5.91 Å². The second-order valence-corrected chi connectivity index (χ2v) is 6.31. The summed E-state index contributed by atoms with van der Waals surface area (Å²) in [6.45, 7) is 2.34. The van der Waals surface area contributed by atoms with Gasteiger partial charge in [0.1, 0.15) is 5.75 Å². The normalized spacial score (nSPS) is 10.7. The zero-order chi connectivity index (χ0) is 18.2. The van der Waals surface area contributed by atoms with Crippen molar-refractivity contribution in [1.82, 2.24) is 10.2 Å². The third-order valence-corrected chi connectivity index (χ3v) is 4.19. The maximum atomic E-state index is 12.3. The Kier molecular flexibility index (Phi) is 7.10. The van der Waals surface area contributed by atoms with Crippen LogP contribution in [0.1, 0.15) is 22.3 Å². The zero-order valence-corrected chi connectivity index (χ0v) is 15.3. The number of nitrogens with zero attached hydrogens (tertiary/aromatic N) is 1. The van der Waals surface area contributed by atoms with Crippen molar-refractivity contribution in [3.8, 4) is 5.75 Å². The number of hydrogen-bond donors (Lipinski definition) is 2. The first-order valence-electron chi connectivity index (χ1n) is 8.15. The van der Waals surface area contributed by atoms with Crippen molar-refractivity contribution in [3.63, 3.8) is 0 Å². The summed E-state index contributed by atoms with van der Waals surface area (Å²) >= 11 is 6.00. The van der Waals surface area contributed by atoms with Crippen LogP contribution in [0.5, 0.6) is 5.75 Å². The number of rotatable bonds is 8. The molecule has 0 aromatic heterocycles. The van der Waals surface area contributed by atoms with E-state index in [9.17, 15) is 4.79 Å². The SMILES string of the molecule is COc1cc(N)c(Cl)cc1C(=O)NCCCN(C)Cc1ccccc1. The molecular formula is C19H24ClN3O2. The van der Waals surface area contributed by atoms with Crippen molar-refractivity contribution in [3.05, 3.63) is 58.6 Å². The van der Waals surface area contributed by atoms with Crippen molar-refractivity contribution in [2.75, 3.05) is 33.0 Å². The lowest BCUT2D eigenvalue weighted by molar-refractivity contribution is 0.0949. The molecule has 2 rings (SSSR count). The van der Waals surface area contributed by atoms with E-state index in [2.05, 4.69) is 29.4 Å². The monoisotopic (exact) mass is 361 g/mol. The second-order valence-electron chi connectivity index (χ2n) is 5.91. The molecule has 3 N–H and O–H groups in total. The number of benzene rings is 2. The standard InChI is InChI=1S/C19H24ClN3O2/c1-23(13-14-7-4-3-5-8-14)10-6-9-22-19(24)15-11-16(20)17(21)12-18(15)25-2/h3-5,7-8,11-12H,6,9-10,13,21H2,1-2H3,(H,22,24). The number of nitrogen functional groups attached to an aromatic ring is 1. The van der Waals surface area contributed by atoms with Gasteiger partial charge < -0.3 is 20.7 Å². The Bertz CT molecular complexity index is 707. The maximum Gasteiger partial charge on any atom is 0.255 e. The van der Waals surface area contributed by atoms with Gasteiger partial charge in [-0.05, 0) is 31.6 Å². The minimum Gasteiger partial charge on any atom is -0.496 e. The number of nitrogens with one attached hydrogen (secondary N) is 1. The molecule has 5 nitrogen and oxygen atoms in total. The summed E-state index contributed by atoms with van der Waals surface area (Å²) in [6, 6.07) is 13.4. The molecule has 134 valence electrons. The number of nitrogens with two attached hydrogens (primary N) is 1. The predicted octanol–water partition coefficient (Wildman–Crippen LogP) is 3.18. The molecule has 25 heavy (non-hydrogen) atoms. The Morgan fingerprint density at radius 3 is 2.68 bits per heavy atom. The molecule has 0 aliphatic carbocycles. The number of carbonyl (C=O) groups excluding carboxylic acids is 1. The van der Waals surface area contributed by atoms with Crippen LogP contribution in [-0.4, -0.2) is 38.1 Å². The van der Waals surface area contributed by atoms with Crippen LogP contribution in [0, 0.1) is 0 Å². The van der Waals surface area contributed by atoms with Crippen LogP contribution in [0.25, 0.3) is 0 Å². The van der Waals surface area contributed by atoms with Gasteiger partial charge in [0.25, 0.3) is 5.91 Å². The summed E-state index contributed by atoms with van der Waals surface area (Å²) in [7, 11) is 3.57. The van der Waals surface area contributed by atoms with Gasteiger partial charge in [-0.3, -0.25) is 4.79 Å². The van der Waals surface area contributed by atoms with Gasteiger partial charge in [-0.25, -0.2) is 0 Å². The molecule has 0 unspecified atom stereocenters. The highest BCUT2D eigenvalue weighted by Crippen LogP contribution is 2.28. The Morgan fingerprint density at radius 1 is 1.28 bits per heavy atom. The van der Waals surface area contributed by atoms with Gasteiger partial charge in [0.2, 0.25) is 0 Å². The van der Waals surface area contributed by atoms with Crippen LogP contribution in [-0.2, 0) is 6.54 Å². The number of anilines is 1. The molecule has 0 radical (unpaired) electrons. The van der Waals surface area contributed by atoms with E-state index in [4.69, 9.17) is 22.1 Å². The molecule has 2 aromatic rings. The van der Waals surface area contributed by atoms with Crippen LogP contribution >= 0.6 is 11.6 Å². The largest absolute Gasteiger partial charge is 0.496 e. The summed E-state index contributed by atoms with van der Waals surface area (Å²) in [5.41, 5.74) is 7.78. The lowest BCUT2D eigenvalue weighted by Gasteiger charge is -2.17. The number of ether oxygens (including phenoxy) is 1. The van der Waals surface area contributed by atoms with E-state index < -0.39 is 0 Å². The average Bonchev–Trinajstić information content (AvgIpc) is 2.61. The fraction of sp³-hybridized carbons (Fsp3) is 0.316. The van der Waals surface area contributed by atoms with Crippen LogP contribution in [0.3, 0.4) is 0 Å². The van der Waals surface area contributed by atoms with Crippen LogP contribution in [0.2, 0.25) is 5.02 Å². The number of carbonyl (C=O) groups is 1. The molecule has 2 aromatic carbocycles. The van der Waals surface area contributed by atoms with Crippen molar-refractivity contribution < 1.29 is 9.53 Å². The van der Waals surface area contributed by atoms with E-state index >= 15 is 0 Å². The van der Waals surface area contributed by atoms with Gasteiger partial charge in [-0.2, -0.15) is 0 Å². The lowest BCUT2D eigenvalue weighted by atomic mass is 10.1. The van der Waals surface area contributed by atoms with Gasteiger partial charge in [-0.1, -0.05) is 41.9 Å². The Hall–Kier alpha value is -2.24. The highest BCUT2D eigenvalue weighted by atomic mass is 35.5. The topological polar surface area (TPSA) is 67.6 Å². The first-order chi connectivity index (χ1) is 12.0. The highest BCUT2D eigenvalue weighted by Gasteiger charge is 2.14. The van der Waals surface area contributed by atoms with Gasteiger partial charge in [-0.15, -0.1) is 0 Å². The molecule has 0 heterocycles. The number of halogens is 1. The van der Waals surface area contributed by atoms with Crippen molar-refractivity contribution in [2.24, 2.45) is 0 Å².